The fraction of sp³-hybridized carbons (Fsp3) is 0.674. The Labute approximate surface area is 369 Å². The monoisotopic (exact) mass is 915 g/mol. The Morgan fingerprint density at radius 3 is 2.11 bits per heavy atom. The zero-order valence-corrected chi connectivity index (χ0v) is 40.4. The van der Waals surface area contributed by atoms with Gasteiger partial charge in [0.15, 0.2) is 47.0 Å². The van der Waals surface area contributed by atoms with Crippen LogP contribution in [0.1, 0.15) is 78.2 Å². The van der Waals surface area contributed by atoms with Gasteiger partial charge in [0.25, 0.3) is 11.5 Å². The second-order valence-corrected chi connectivity index (χ2v) is 29.6. The minimum absolute atomic E-state index is 0.252. The van der Waals surface area contributed by atoms with Gasteiger partial charge in [-0.05, 0) is 68.0 Å². The van der Waals surface area contributed by atoms with E-state index in [2.05, 4.69) is 15.6 Å². The molecule has 4 aliphatic heterocycles. The van der Waals surface area contributed by atoms with E-state index in [0.717, 1.165) is 16.2 Å². The van der Waals surface area contributed by atoms with Crippen LogP contribution in [-0.4, -0.2) is 112 Å². The number of H-pyrrole nitrogens is 1. The molecule has 11 atom stereocenters. The number of aryl methyl sites for hydroxylation is 1. The van der Waals surface area contributed by atoms with Crippen LogP contribution < -0.4 is 27.6 Å². The predicted octanol–water partition coefficient (Wildman–Crippen LogP) is 2.99. The zero-order chi connectivity index (χ0) is 46.6. The molecule has 0 aliphatic carbocycles. The largest absolute Gasteiger partial charge is 0.454 e. The van der Waals surface area contributed by atoms with E-state index in [1.54, 1.807) is 24.3 Å². The second-order valence-electron chi connectivity index (χ2n) is 20.1. The number of rotatable bonds is 13. The molecular weight excluding hydrogens is 851 g/mol. The summed E-state index contributed by atoms with van der Waals surface area (Å²) in [5.74, 6) is -4.43. The van der Waals surface area contributed by atoms with Crippen molar-refractivity contribution in [3.63, 3.8) is 0 Å². The summed E-state index contributed by atoms with van der Waals surface area (Å²) in [6.45, 7) is 22.5. The molecule has 6 rings (SSSR count). The molecule has 0 radical (unpaired) electrons. The molecule has 1 aromatic carbocycles. The second kappa shape index (κ2) is 17.7. The van der Waals surface area contributed by atoms with Gasteiger partial charge in [0.1, 0.15) is 36.4 Å². The van der Waals surface area contributed by atoms with Crippen LogP contribution >= 0.6 is 0 Å². The molecule has 0 spiro atoms. The highest BCUT2D eigenvalue weighted by molar-refractivity contribution is 6.74. The fourth-order valence-corrected chi connectivity index (χ4v) is 10.7. The van der Waals surface area contributed by atoms with Crippen LogP contribution in [0.15, 0.2) is 46.1 Å². The van der Waals surface area contributed by atoms with Crippen LogP contribution in [-0.2, 0) is 57.3 Å². The molecule has 0 saturated carbocycles. The number of nitrogens with two attached hydrogens (primary N) is 1. The number of fused-ring (bicyclic) bond motifs is 2. The number of nitrogens with zero attached hydrogens (tertiary/aromatic N) is 1. The van der Waals surface area contributed by atoms with E-state index in [1.807, 2.05) is 74.7 Å². The van der Waals surface area contributed by atoms with E-state index >= 15 is 4.79 Å². The SMILES string of the molecule is CO[C@H]1[C@@H](O[Si](C)(C)C(C)(C)C)[C@H](n2ccc(=O)[nH]c2=O)O[C@@H]1[C@@H](O[C@H]1O[C@](C(=O)N[C@H]2CCCCNC2=O)(c2ccc(C)cc2)[C@@H]2C(=O)O[C@H]1[C@@H]2O[Si](C)(C)C(C)(C)C)C(N)=O. The minimum atomic E-state index is -2.82. The van der Waals surface area contributed by atoms with Gasteiger partial charge in [-0.1, -0.05) is 71.4 Å². The number of methoxy groups -OCH3 is 1. The number of amides is 3. The molecule has 4 fully saturated rings. The molecule has 18 nitrogen and oxygen atoms in total. The molecule has 0 unspecified atom stereocenters. The topological polar surface area (TPSA) is 238 Å². The average Bonchev–Trinajstić information content (AvgIpc) is 3.54. The van der Waals surface area contributed by atoms with Gasteiger partial charge in [-0.25, -0.2) is 4.79 Å². The molecule has 348 valence electrons. The Hall–Kier alpha value is -4.03. The summed E-state index contributed by atoms with van der Waals surface area (Å²) >= 11 is 0. The lowest BCUT2D eigenvalue weighted by atomic mass is 9.74. The van der Waals surface area contributed by atoms with Crippen LogP contribution in [0.5, 0.6) is 0 Å². The number of primary amides is 1. The van der Waals surface area contributed by atoms with Crippen molar-refractivity contribution in [2.24, 2.45) is 11.7 Å². The number of carbonyl (C=O) groups excluding carboxylic acids is 4. The molecule has 4 aliphatic rings. The van der Waals surface area contributed by atoms with Crippen LogP contribution in [0.3, 0.4) is 0 Å². The Bertz CT molecular complexity index is 2170. The maximum atomic E-state index is 15.3. The van der Waals surface area contributed by atoms with Crippen molar-refractivity contribution in [2.75, 3.05) is 13.7 Å². The zero-order valence-electron chi connectivity index (χ0n) is 38.4. The number of hydrogen-bond donors (Lipinski definition) is 4. The first-order valence-corrected chi connectivity index (χ1v) is 27.4. The Morgan fingerprint density at radius 2 is 1.54 bits per heavy atom. The lowest BCUT2D eigenvalue weighted by molar-refractivity contribution is -0.301. The first kappa shape index (κ1) is 48.4. The van der Waals surface area contributed by atoms with Gasteiger partial charge >= 0.3 is 11.7 Å². The third kappa shape index (κ3) is 9.27. The van der Waals surface area contributed by atoms with E-state index in [-0.39, 0.29) is 21.5 Å². The van der Waals surface area contributed by atoms with E-state index in [9.17, 15) is 24.0 Å². The minimum Gasteiger partial charge on any atom is -0.454 e. The number of ether oxygens (including phenoxy) is 5. The van der Waals surface area contributed by atoms with Gasteiger partial charge in [0.05, 0.1) is 0 Å². The van der Waals surface area contributed by atoms with Crippen molar-refractivity contribution in [2.45, 2.75) is 165 Å². The first-order valence-electron chi connectivity index (χ1n) is 21.6. The lowest BCUT2D eigenvalue weighted by Crippen LogP contribution is -2.67. The molecule has 4 saturated heterocycles. The Balaban J connectivity index is 1.50. The summed E-state index contributed by atoms with van der Waals surface area (Å²) in [5.41, 5.74) is 3.63. The van der Waals surface area contributed by atoms with Crippen LogP contribution in [0, 0.1) is 12.8 Å². The van der Waals surface area contributed by atoms with Crippen molar-refractivity contribution >= 4 is 40.3 Å². The number of carbonyl (C=O) groups is 4. The molecule has 63 heavy (non-hydrogen) atoms. The van der Waals surface area contributed by atoms with Crippen molar-refractivity contribution in [1.29, 1.82) is 0 Å². The molecule has 1 aromatic heterocycles. The summed E-state index contributed by atoms with van der Waals surface area (Å²) < 4.78 is 47.3. The summed E-state index contributed by atoms with van der Waals surface area (Å²) in [4.78, 5) is 84.7. The third-order valence-corrected chi connectivity index (χ3v) is 22.7. The highest BCUT2D eigenvalue weighted by atomic mass is 28.4. The summed E-state index contributed by atoms with van der Waals surface area (Å²) in [6.07, 6.45) is -7.84. The molecule has 5 N–H and O–H groups in total. The van der Waals surface area contributed by atoms with Crippen LogP contribution in [0.25, 0.3) is 0 Å². The molecular formula is C43H65N5O13Si2. The van der Waals surface area contributed by atoms with Crippen molar-refractivity contribution in [3.05, 3.63) is 68.5 Å². The fourth-order valence-electron chi connectivity index (χ4n) is 8.13. The Morgan fingerprint density at radius 1 is 0.921 bits per heavy atom. The van der Waals surface area contributed by atoms with Gasteiger partial charge in [-0.2, -0.15) is 0 Å². The van der Waals surface area contributed by atoms with Crippen molar-refractivity contribution in [1.82, 2.24) is 20.2 Å². The van der Waals surface area contributed by atoms with E-state index < -0.39 is 112 Å². The third-order valence-electron chi connectivity index (χ3n) is 13.8. The molecule has 2 aromatic rings. The smallest absolute Gasteiger partial charge is 0.330 e. The number of hydrogen-bond acceptors (Lipinski definition) is 13. The van der Waals surface area contributed by atoms with E-state index in [1.165, 1.54) is 13.3 Å². The van der Waals surface area contributed by atoms with Crippen molar-refractivity contribution in [3.8, 4) is 0 Å². The maximum absolute atomic E-state index is 15.3. The number of nitrogens with one attached hydrogen (secondary N) is 3. The van der Waals surface area contributed by atoms with E-state index in [0.29, 0.717) is 25.8 Å². The molecule has 20 heteroatoms. The van der Waals surface area contributed by atoms with Crippen LogP contribution in [0.2, 0.25) is 36.3 Å². The number of aromatic amines is 1. The van der Waals surface area contributed by atoms with Gasteiger partial charge in [0, 0.05) is 25.9 Å². The molecule has 5 heterocycles. The number of benzene rings is 1. The molecule has 2 bridgehead atoms. The lowest BCUT2D eigenvalue weighted by Gasteiger charge is -2.49. The van der Waals surface area contributed by atoms with Crippen LogP contribution in [0.4, 0.5) is 0 Å². The van der Waals surface area contributed by atoms with Gasteiger partial charge in [-0.15, -0.1) is 0 Å². The highest BCUT2D eigenvalue weighted by Gasteiger charge is 2.71. The molecule has 3 amide bonds. The van der Waals surface area contributed by atoms with E-state index in [4.69, 9.17) is 38.3 Å². The maximum Gasteiger partial charge on any atom is 0.330 e. The van der Waals surface area contributed by atoms with Crippen molar-refractivity contribution < 1.29 is 51.7 Å². The average molecular weight is 916 g/mol. The standard InChI is InChI=1S/C43H65N5O13Si2/c1-23-16-18-24(19-17-23)43(39(53)46-25-15-13-14-21-45-35(25)51)27-28(60-62(9,10)41(2,3)4)33(57-37(27)52)38(59-43)58-31(34(44)50)30-29(55-8)32(61-63(11,12)42(5,6)7)36(56-30)48-22-20-26(49)47-40(48)54/h16-20,22,25,27-33,36,38H,13-15,21H2,1-12H3,(H2,44,50)(H,45,51)(H,46,53)(H,47,49,54)/t25-,27-,28+,29+,30-,31+,32+,33-,36+,38-,43+/m0/s1. The highest BCUT2D eigenvalue weighted by Crippen LogP contribution is 2.53. The van der Waals surface area contributed by atoms with Gasteiger partial charge in [0.2, 0.25) is 11.8 Å². The quantitative estimate of drug-likeness (QED) is 0.167. The summed E-state index contributed by atoms with van der Waals surface area (Å²) in [7, 11) is -4.13. The number of aromatic nitrogens is 2. The number of esters is 1. The summed E-state index contributed by atoms with van der Waals surface area (Å²) in [6, 6.07) is 7.05. The normalized spacial score (nSPS) is 30.9. The first-order chi connectivity index (χ1) is 29.2. The summed E-state index contributed by atoms with van der Waals surface area (Å²) in [5, 5.41) is 5.02. The van der Waals surface area contributed by atoms with Gasteiger partial charge in [-0.3, -0.25) is 33.5 Å². The van der Waals surface area contributed by atoms with Gasteiger partial charge < -0.3 is 48.9 Å². The Kier molecular flexibility index (Phi) is 13.6. The predicted molar refractivity (Wildman–Crippen MR) is 234 cm³/mol.